The van der Waals surface area contributed by atoms with E-state index in [1.165, 1.54) is 57.8 Å². The molecule has 0 aromatic rings. The molecule has 0 amide bonds. The van der Waals surface area contributed by atoms with Gasteiger partial charge in [-0.1, -0.05) is 46.0 Å². The Morgan fingerprint density at radius 2 is 0.774 bits per heavy atom. The lowest BCUT2D eigenvalue weighted by Gasteiger charge is -2.60. The number of hydrogen-bond acceptors (Lipinski definition) is 4. The number of hydrogen-bond donors (Lipinski definition) is 0. The van der Waals surface area contributed by atoms with Crippen LogP contribution in [0.2, 0.25) is 0 Å². The van der Waals surface area contributed by atoms with Crippen molar-refractivity contribution in [3.05, 3.63) is 0 Å². The highest BCUT2D eigenvalue weighted by Gasteiger charge is 2.67. The third kappa shape index (κ3) is 10.7. The van der Waals surface area contributed by atoms with E-state index in [0.717, 1.165) is 75.0 Å². The van der Waals surface area contributed by atoms with Gasteiger partial charge in [-0.25, -0.2) is 0 Å². The number of halogens is 6. The average molecular weight is 765 g/mol. The van der Waals surface area contributed by atoms with Gasteiger partial charge in [-0.05, 0) is 138 Å². The molecule has 4 saturated carbocycles. The number of ether oxygens (including phenoxy) is 4. The Hall–Kier alpha value is -0.580. The van der Waals surface area contributed by atoms with Crippen LogP contribution in [0.4, 0.5) is 26.3 Å². The van der Waals surface area contributed by atoms with Gasteiger partial charge in [0.2, 0.25) is 11.6 Å². The predicted octanol–water partition coefficient (Wildman–Crippen LogP) is 12.8. The summed E-state index contributed by atoms with van der Waals surface area (Å²) < 4.78 is 106. The van der Waals surface area contributed by atoms with Crippen molar-refractivity contribution < 1.29 is 45.3 Å². The van der Waals surface area contributed by atoms with E-state index in [1.54, 1.807) is 0 Å². The summed E-state index contributed by atoms with van der Waals surface area (Å²) in [5, 5.41) is 0. The van der Waals surface area contributed by atoms with Gasteiger partial charge in [0.25, 0.3) is 0 Å². The highest BCUT2D eigenvalue weighted by atomic mass is 19.4. The van der Waals surface area contributed by atoms with Crippen LogP contribution in [0, 0.1) is 59.2 Å². The van der Waals surface area contributed by atoms with Gasteiger partial charge in [0, 0.05) is 36.5 Å². The van der Waals surface area contributed by atoms with Crippen molar-refractivity contribution >= 4 is 0 Å². The van der Waals surface area contributed by atoms with Crippen LogP contribution >= 0.6 is 0 Å². The zero-order valence-corrected chi connectivity index (χ0v) is 32.8. The fourth-order valence-electron chi connectivity index (χ4n) is 11.9. The molecule has 0 bridgehead atoms. The Kier molecular flexibility index (Phi) is 14.5. The SMILES string of the molecule is CCC1CCC(C2CCC(C3(C4(C5CCC(C6CCC(C)CC6)CC5)OCC(CCCC(F)(F)F)CO4)OCC(CCCC(F)(F)F)CO3)CC2)CC1. The molecule has 10 heteroatoms. The first-order valence-electron chi connectivity index (χ1n) is 22.0. The number of rotatable bonds is 12. The van der Waals surface area contributed by atoms with Crippen molar-refractivity contribution in [1.82, 2.24) is 0 Å². The van der Waals surface area contributed by atoms with Gasteiger partial charge in [-0.15, -0.1) is 0 Å². The van der Waals surface area contributed by atoms with Crippen molar-refractivity contribution in [2.45, 2.75) is 185 Å². The van der Waals surface area contributed by atoms with Gasteiger partial charge < -0.3 is 18.9 Å². The van der Waals surface area contributed by atoms with Gasteiger partial charge >= 0.3 is 12.4 Å². The summed E-state index contributed by atoms with van der Waals surface area (Å²) in [5.74, 6) is 1.89. The molecule has 0 aromatic carbocycles. The minimum absolute atomic E-state index is 0.0150. The van der Waals surface area contributed by atoms with Crippen molar-refractivity contribution in [2.24, 2.45) is 59.2 Å². The topological polar surface area (TPSA) is 36.9 Å². The molecule has 0 aromatic heterocycles. The predicted molar refractivity (Wildman–Crippen MR) is 194 cm³/mol. The molecule has 0 radical (unpaired) electrons. The molecule has 308 valence electrons. The van der Waals surface area contributed by atoms with E-state index < -0.39 is 36.8 Å². The van der Waals surface area contributed by atoms with E-state index in [1.807, 2.05) is 0 Å². The second-order valence-corrected chi connectivity index (χ2v) is 18.8. The number of alkyl halides is 6. The fraction of sp³-hybridized carbons (Fsp3) is 1.00. The lowest BCUT2D eigenvalue weighted by Crippen LogP contribution is -2.72. The molecule has 0 unspecified atom stereocenters. The third-order valence-electron chi connectivity index (χ3n) is 15.2. The lowest BCUT2D eigenvalue weighted by molar-refractivity contribution is -0.476. The molecule has 6 fully saturated rings. The van der Waals surface area contributed by atoms with Crippen molar-refractivity contribution in [2.75, 3.05) is 26.4 Å². The summed E-state index contributed by atoms with van der Waals surface area (Å²) in [6.45, 7) is 5.88. The van der Waals surface area contributed by atoms with Gasteiger partial charge in [0.05, 0.1) is 26.4 Å². The quantitative estimate of drug-likeness (QED) is 0.186. The van der Waals surface area contributed by atoms with Crippen LogP contribution in [0.25, 0.3) is 0 Å². The van der Waals surface area contributed by atoms with Crippen LogP contribution in [0.5, 0.6) is 0 Å². The van der Waals surface area contributed by atoms with E-state index in [2.05, 4.69) is 13.8 Å². The summed E-state index contributed by atoms with van der Waals surface area (Å²) in [4.78, 5) is 0. The van der Waals surface area contributed by atoms with Gasteiger partial charge in [0.1, 0.15) is 0 Å². The van der Waals surface area contributed by atoms with E-state index >= 15 is 0 Å². The second-order valence-electron chi connectivity index (χ2n) is 18.8. The molecule has 0 spiro atoms. The van der Waals surface area contributed by atoms with Crippen LogP contribution in [-0.4, -0.2) is 50.4 Å². The standard InChI is InChI=1S/C43H70F6O4/c1-3-31-10-14-35(15-11-31)37-18-22-39(23-19-37)43(52-28-33(29-53-43)7-5-25-41(47,48)49)42(50-26-32(27-51-42)6-4-24-40(44,45)46)38-20-16-36(17-21-38)34-12-8-30(2)9-13-34/h30-39H,3-29H2,1-2H3. The van der Waals surface area contributed by atoms with Gasteiger partial charge in [-0.2, -0.15) is 26.3 Å². The maximum absolute atomic E-state index is 13.1. The van der Waals surface area contributed by atoms with E-state index in [9.17, 15) is 26.3 Å². The summed E-state index contributed by atoms with van der Waals surface area (Å²) >= 11 is 0. The highest BCUT2D eigenvalue weighted by Crippen LogP contribution is 2.57. The zero-order valence-electron chi connectivity index (χ0n) is 32.8. The monoisotopic (exact) mass is 765 g/mol. The molecule has 2 saturated heterocycles. The lowest BCUT2D eigenvalue weighted by atomic mass is 9.63. The Labute approximate surface area is 315 Å². The second kappa shape index (κ2) is 18.3. The molecule has 4 nitrogen and oxygen atoms in total. The van der Waals surface area contributed by atoms with Crippen LogP contribution in [0.1, 0.15) is 162 Å². The van der Waals surface area contributed by atoms with Crippen LogP contribution in [-0.2, 0) is 18.9 Å². The van der Waals surface area contributed by atoms with E-state index in [-0.39, 0.29) is 36.5 Å². The minimum atomic E-state index is -4.19. The Balaban J connectivity index is 1.21. The summed E-state index contributed by atoms with van der Waals surface area (Å²) in [6.07, 6.45) is 10.6. The molecule has 6 aliphatic rings. The Morgan fingerprint density at radius 3 is 1.09 bits per heavy atom. The van der Waals surface area contributed by atoms with Crippen molar-refractivity contribution in [3.63, 3.8) is 0 Å². The van der Waals surface area contributed by atoms with Crippen LogP contribution in [0.3, 0.4) is 0 Å². The van der Waals surface area contributed by atoms with Gasteiger partial charge in [0.15, 0.2) is 0 Å². The molecular weight excluding hydrogens is 694 g/mol. The summed E-state index contributed by atoms with van der Waals surface area (Å²) in [7, 11) is 0. The molecule has 6 rings (SSSR count). The maximum atomic E-state index is 13.1. The molecule has 0 N–H and O–H groups in total. The molecule has 2 aliphatic heterocycles. The first-order chi connectivity index (χ1) is 25.3. The molecular formula is C43H70F6O4. The highest BCUT2D eigenvalue weighted by molar-refractivity contribution is 5.04. The van der Waals surface area contributed by atoms with E-state index in [4.69, 9.17) is 18.9 Å². The third-order valence-corrected chi connectivity index (χ3v) is 15.2. The fourth-order valence-corrected chi connectivity index (χ4v) is 11.9. The maximum Gasteiger partial charge on any atom is 0.389 e. The normalized spacial score (nSPS) is 42.3. The van der Waals surface area contributed by atoms with Crippen LogP contribution in [0.15, 0.2) is 0 Å². The Morgan fingerprint density at radius 1 is 0.453 bits per heavy atom. The zero-order chi connectivity index (χ0) is 37.7. The van der Waals surface area contributed by atoms with Crippen molar-refractivity contribution in [3.8, 4) is 0 Å². The Bertz CT molecular complexity index is 1070. The van der Waals surface area contributed by atoms with Crippen molar-refractivity contribution in [1.29, 1.82) is 0 Å². The minimum Gasteiger partial charge on any atom is -0.345 e. The first-order valence-corrected chi connectivity index (χ1v) is 22.0. The van der Waals surface area contributed by atoms with Crippen LogP contribution < -0.4 is 0 Å². The summed E-state index contributed by atoms with van der Waals surface area (Å²) in [5.41, 5.74) is 0. The largest absolute Gasteiger partial charge is 0.389 e. The smallest absolute Gasteiger partial charge is 0.345 e. The van der Waals surface area contributed by atoms with E-state index in [0.29, 0.717) is 51.1 Å². The average Bonchev–Trinajstić information content (AvgIpc) is 3.15. The van der Waals surface area contributed by atoms with Gasteiger partial charge in [-0.3, -0.25) is 0 Å². The molecule has 2 heterocycles. The summed E-state index contributed by atoms with van der Waals surface area (Å²) in [6, 6.07) is 0. The molecule has 4 aliphatic carbocycles. The molecule has 53 heavy (non-hydrogen) atoms. The molecule has 0 atom stereocenters. The first kappa shape index (κ1) is 42.0.